The van der Waals surface area contributed by atoms with E-state index in [9.17, 15) is 0 Å². The van der Waals surface area contributed by atoms with Crippen LogP contribution in [0.2, 0.25) is 0 Å². The molecule has 5 heteroatoms. The fraction of sp³-hybridized carbons (Fsp3) is 0.312. The molecule has 3 rings (SSSR count). The number of aromatic nitrogens is 1. The van der Waals surface area contributed by atoms with Crippen LogP contribution in [0.25, 0.3) is 0 Å². The fourth-order valence-electron chi connectivity index (χ4n) is 2.51. The summed E-state index contributed by atoms with van der Waals surface area (Å²) in [4.78, 5) is 4.19. The number of ether oxygens (including phenoxy) is 2. The van der Waals surface area contributed by atoms with Gasteiger partial charge in [-0.3, -0.25) is 0 Å². The lowest BCUT2D eigenvalue weighted by Crippen LogP contribution is -2.29. The summed E-state index contributed by atoms with van der Waals surface area (Å²) in [7, 11) is 1.64. The zero-order valence-electron chi connectivity index (χ0n) is 11.8. The highest BCUT2D eigenvalue weighted by atomic mass is 79.9. The SMILES string of the molecule is COc1ncccc1CNCC1Cc2cc(Br)ccc2O1. The van der Waals surface area contributed by atoms with E-state index in [0.717, 1.165) is 35.3 Å². The smallest absolute Gasteiger partial charge is 0.217 e. The normalized spacial score (nSPS) is 16.4. The summed E-state index contributed by atoms with van der Waals surface area (Å²) in [5.74, 6) is 1.66. The third-order valence-corrected chi connectivity index (χ3v) is 3.99. The first-order valence-corrected chi connectivity index (χ1v) is 7.69. The molecule has 2 heterocycles. The molecule has 1 aliphatic rings. The van der Waals surface area contributed by atoms with Crippen LogP contribution in [0.4, 0.5) is 0 Å². The van der Waals surface area contributed by atoms with Crippen molar-refractivity contribution in [3.05, 3.63) is 52.1 Å². The Bertz CT molecular complexity index is 633. The van der Waals surface area contributed by atoms with Crippen molar-refractivity contribution in [2.45, 2.75) is 19.1 Å². The van der Waals surface area contributed by atoms with Crippen LogP contribution in [0.5, 0.6) is 11.6 Å². The Morgan fingerprint density at radius 3 is 3.19 bits per heavy atom. The first-order chi connectivity index (χ1) is 10.3. The van der Waals surface area contributed by atoms with Crippen molar-refractivity contribution in [1.29, 1.82) is 0 Å². The van der Waals surface area contributed by atoms with Gasteiger partial charge in [0.15, 0.2) is 0 Å². The lowest BCUT2D eigenvalue weighted by molar-refractivity contribution is 0.227. The number of halogens is 1. The maximum atomic E-state index is 5.93. The van der Waals surface area contributed by atoms with Gasteiger partial charge in [0.2, 0.25) is 5.88 Å². The Kier molecular flexibility index (Phi) is 4.41. The zero-order valence-corrected chi connectivity index (χ0v) is 13.4. The van der Waals surface area contributed by atoms with Crippen LogP contribution in [-0.2, 0) is 13.0 Å². The number of benzene rings is 1. The summed E-state index contributed by atoms with van der Waals surface area (Å²) < 4.78 is 12.3. The van der Waals surface area contributed by atoms with Gasteiger partial charge >= 0.3 is 0 Å². The molecule has 1 atom stereocenters. The first kappa shape index (κ1) is 14.4. The minimum Gasteiger partial charge on any atom is -0.488 e. The predicted octanol–water partition coefficient (Wildman–Crippen LogP) is 2.95. The number of fused-ring (bicyclic) bond motifs is 1. The molecule has 1 unspecified atom stereocenters. The molecule has 0 aliphatic carbocycles. The second kappa shape index (κ2) is 6.45. The molecular formula is C16H17BrN2O2. The van der Waals surface area contributed by atoms with Crippen molar-refractivity contribution in [1.82, 2.24) is 10.3 Å². The summed E-state index contributed by atoms with van der Waals surface area (Å²) in [5.41, 5.74) is 2.31. The highest BCUT2D eigenvalue weighted by molar-refractivity contribution is 9.10. The van der Waals surface area contributed by atoms with Gasteiger partial charge in [-0.15, -0.1) is 0 Å². The summed E-state index contributed by atoms with van der Waals surface area (Å²) in [6, 6.07) is 10.1. The fourth-order valence-corrected chi connectivity index (χ4v) is 2.92. The number of hydrogen-bond donors (Lipinski definition) is 1. The Labute approximate surface area is 132 Å². The minimum absolute atomic E-state index is 0.178. The maximum Gasteiger partial charge on any atom is 0.217 e. The highest BCUT2D eigenvalue weighted by Crippen LogP contribution is 2.31. The van der Waals surface area contributed by atoms with Crippen LogP contribution >= 0.6 is 15.9 Å². The van der Waals surface area contributed by atoms with Gasteiger partial charge in [-0.05, 0) is 29.8 Å². The maximum absolute atomic E-state index is 5.93. The van der Waals surface area contributed by atoms with Gasteiger partial charge in [-0.1, -0.05) is 22.0 Å². The van der Waals surface area contributed by atoms with Crippen LogP contribution in [-0.4, -0.2) is 24.7 Å². The Hall–Kier alpha value is -1.59. The van der Waals surface area contributed by atoms with E-state index in [1.54, 1.807) is 13.3 Å². The van der Waals surface area contributed by atoms with Gasteiger partial charge in [0.25, 0.3) is 0 Å². The van der Waals surface area contributed by atoms with Crippen LogP contribution < -0.4 is 14.8 Å². The summed E-state index contributed by atoms with van der Waals surface area (Å²) in [6.45, 7) is 1.52. The summed E-state index contributed by atoms with van der Waals surface area (Å²) >= 11 is 3.49. The largest absolute Gasteiger partial charge is 0.488 e. The summed E-state index contributed by atoms with van der Waals surface area (Å²) in [6.07, 6.45) is 2.85. The molecule has 0 fully saturated rings. The van der Waals surface area contributed by atoms with E-state index in [2.05, 4.69) is 32.3 Å². The van der Waals surface area contributed by atoms with Gasteiger partial charge in [-0.25, -0.2) is 4.98 Å². The van der Waals surface area contributed by atoms with E-state index in [1.165, 1.54) is 5.56 Å². The lowest BCUT2D eigenvalue weighted by atomic mass is 10.1. The first-order valence-electron chi connectivity index (χ1n) is 6.90. The lowest BCUT2D eigenvalue weighted by Gasteiger charge is -2.13. The Morgan fingerprint density at radius 1 is 1.43 bits per heavy atom. The van der Waals surface area contributed by atoms with Crippen molar-refractivity contribution in [2.75, 3.05) is 13.7 Å². The third kappa shape index (κ3) is 3.36. The molecule has 0 bridgehead atoms. The molecule has 0 amide bonds. The van der Waals surface area contributed by atoms with Crippen molar-refractivity contribution >= 4 is 15.9 Å². The van der Waals surface area contributed by atoms with Gasteiger partial charge in [0.1, 0.15) is 11.9 Å². The molecule has 0 saturated carbocycles. The molecule has 1 N–H and O–H groups in total. The Balaban J connectivity index is 1.53. The van der Waals surface area contributed by atoms with Gasteiger partial charge < -0.3 is 14.8 Å². The molecule has 4 nitrogen and oxygen atoms in total. The summed E-state index contributed by atoms with van der Waals surface area (Å²) in [5, 5.41) is 3.41. The number of methoxy groups -OCH3 is 1. The minimum atomic E-state index is 0.178. The van der Waals surface area contributed by atoms with Gasteiger partial charge in [0, 0.05) is 35.7 Å². The van der Waals surface area contributed by atoms with Crippen LogP contribution in [0.3, 0.4) is 0 Å². The third-order valence-electron chi connectivity index (χ3n) is 3.49. The van der Waals surface area contributed by atoms with Crippen molar-refractivity contribution < 1.29 is 9.47 Å². The monoisotopic (exact) mass is 348 g/mol. The highest BCUT2D eigenvalue weighted by Gasteiger charge is 2.22. The number of pyridine rings is 1. The molecule has 0 radical (unpaired) electrons. The van der Waals surface area contributed by atoms with Gasteiger partial charge in [0.05, 0.1) is 7.11 Å². The standard InChI is InChI=1S/C16H17BrN2O2/c1-20-16-11(3-2-6-19-16)9-18-10-14-8-12-7-13(17)4-5-15(12)21-14/h2-7,14,18H,8-10H2,1H3. The average molecular weight is 349 g/mol. The molecule has 110 valence electrons. The van der Waals surface area contributed by atoms with Gasteiger partial charge in [-0.2, -0.15) is 0 Å². The molecule has 1 aliphatic heterocycles. The van der Waals surface area contributed by atoms with E-state index in [4.69, 9.17) is 9.47 Å². The molecule has 0 spiro atoms. The molecule has 2 aromatic rings. The van der Waals surface area contributed by atoms with Crippen molar-refractivity contribution in [2.24, 2.45) is 0 Å². The molecule has 0 saturated heterocycles. The van der Waals surface area contributed by atoms with E-state index < -0.39 is 0 Å². The number of nitrogens with zero attached hydrogens (tertiary/aromatic N) is 1. The van der Waals surface area contributed by atoms with Crippen LogP contribution in [0, 0.1) is 0 Å². The van der Waals surface area contributed by atoms with E-state index in [0.29, 0.717) is 5.88 Å². The average Bonchev–Trinajstić information content (AvgIpc) is 2.89. The molecule has 21 heavy (non-hydrogen) atoms. The zero-order chi connectivity index (χ0) is 14.7. The second-order valence-electron chi connectivity index (χ2n) is 5.00. The van der Waals surface area contributed by atoms with Crippen LogP contribution in [0.1, 0.15) is 11.1 Å². The van der Waals surface area contributed by atoms with E-state index in [-0.39, 0.29) is 6.10 Å². The molecular weight excluding hydrogens is 332 g/mol. The van der Waals surface area contributed by atoms with Crippen molar-refractivity contribution in [3.63, 3.8) is 0 Å². The van der Waals surface area contributed by atoms with E-state index >= 15 is 0 Å². The van der Waals surface area contributed by atoms with Crippen LogP contribution in [0.15, 0.2) is 41.0 Å². The molecule has 1 aromatic heterocycles. The molecule has 1 aromatic carbocycles. The van der Waals surface area contributed by atoms with Crippen molar-refractivity contribution in [3.8, 4) is 11.6 Å². The number of nitrogens with one attached hydrogen (secondary N) is 1. The topological polar surface area (TPSA) is 43.4 Å². The van der Waals surface area contributed by atoms with E-state index in [1.807, 2.05) is 24.3 Å². The quantitative estimate of drug-likeness (QED) is 0.902. The number of hydrogen-bond acceptors (Lipinski definition) is 4. The predicted molar refractivity (Wildman–Crippen MR) is 84.8 cm³/mol. The Morgan fingerprint density at radius 2 is 2.33 bits per heavy atom. The number of rotatable bonds is 5. The second-order valence-corrected chi connectivity index (χ2v) is 5.91.